The van der Waals surface area contributed by atoms with Crippen LogP contribution in [0.15, 0.2) is 18.2 Å². The van der Waals surface area contributed by atoms with Crippen molar-refractivity contribution in [3.63, 3.8) is 0 Å². The van der Waals surface area contributed by atoms with Gasteiger partial charge in [-0.1, -0.05) is 6.07 Å². The highest BCUT2D eigenvalue weighted by molar-refractivity contribution is 5.80. The van der Waals surface area contributed by atoms with Crippen LogP contribution in [0.2, 0.25) is 0 Å². The van der Waals surface area contributed by atoms with E-state index >= 15 is 0 Å². The molecule has 6 nitrogen and oxygen atoms in total. The lowest BCUT2D eigenvalue weighted by Gasteiger charge is -2.29. The van der Waals surface area contributed by atoms with E-state index in [1.807, 2.05) is 4.90 Å². The maximum absolute atomic E-state index is 14.5. The number of esters is 1. The van der Waals surface area contributed by atoms with Crippen molar-refractivity contribution < 1.29 is 23.5 Å². The van der Waals surface area contributed by atoms with Crippen molar-refractivity contribution in [3.8, 4) is 0 Å². The fourth-order valence-electron chi connectivity index (χ4n) is 3.11. The van der Waals surface area contributed by atoms with Gasteiger partial charge in [0.25, 0.3) is 0 Å². The molecule has 130 valence electrons. The number of anilines is 1. The molecule has 24 heavy (non-hydrogen) atoms. The maximum Gasteiger partial charge on any atom is 0.313 e. The Morgan fingerprint density at radius 3 is 2.79 bits per heavy atom. The fourth-order valence-corrected chi connectivity index (χ4v) is 3.11. The summed E-state index contributed by atoms with van der Waals surface area (Å²) in [5.74, 6) is -1.37. The third-order valence-electron chi connectivity index (χ3n) is 4.37. The van der Waals surface area contributed by atoms with Crippen LogP contribution in [-0.4, -0.2) is 50.8 Å². The van der Waals surface area contributed by atoms with Gasteiger partial charge in [-0.15, -0.1) is 0 Å². The second-order valence-corrected chi connectivity index (χ2v) is 6.09. The third kappa shape index (κ3) is 3.67. The Kier molecular flexibility index (Phi) is 4.99. The fraction of sp³-hybridized carbons (Fsp3) is 0.529. The van der Waals surface area contributed by atoms with E-state index in [-0.39, 0.29) is 30.3 Å². The molecule has 0 spiro atoms. The molecule has 0 saturated carbocycles. The van der Waals surface area contributed by atoms with Crippen molar-refractivity contribution in [3.05, 3.63) is 29.6 Å². The zero-order valence-electron chi connectivity index (χ0n) is 13.6. The van der Waals surface area contributed by atoms with E-state index in [1.54, 1.807) is 12.1 Å². The number of rotatable bonds is 4. The first kappa shape index (κ1) is 16.7. The van der Waals surface area contributed by atoms with Crippen molar-refractivity contribution in [1.82, 2.24) is 5.32 Å². The molecule has 0 aliphatic carbocycles. The lowest BCUT2D eigenvalue weighted by atomic mass is 9.95. The van der Waals surface area contributed by atoms with Gasteiger partial charge in [0.05, 0.1) is 31.4 Å². The average Bonchev–Trinajstić information content (AvgIpc) is 2.94. The molecule has 2 aliphatic heterocycles. The molecule has 1 N–H and O–H groups in total. The van der Waals surface area contributed by atoms with Crippen LogP contribution in [0, 0.1) is 5.82 Å². The number of morpholine rings is 1. The predicted octanol–water partition coefficient (Wildman–Crippen LogP) is 1.20. The molecule has 1 aromatic carbocycles. The predicted molar refractivity (Wildman–Crippen MR) is 85.4 cm³/mol. The molecule has 1 unspecified atom stereocenters. The van der Waals surface area contributed by atoms with Gasteiger partial charge in [-0.25, -0.2) is 4.39 Å². The van der Waals surface area contributed by atoms with E-state index < -0.39 is 5.92 Å². The van der Waals surface area contributed by atoms with Gasteiger partial charge in [-0.2, -0.15) is 0 Å². The standard InChI is InChI=1S/C17H21FN2O4/c1-11(21)19-10-13-9-14(17(22)24-13)12-2-3-16(15(18)8-12)20-4-6-23-7-5-20/h2-3,8,13-14H,4-7,9-10H2,1H3,(H,19,21)/t13-,14?/m1/s1. The third-order valence-corrected chi connectivity index (χ3v) is 4.37. The molecule has 2 heterocycles. The van der Waals surface area contributed by atoms with Gasteiger partial charge >= 0.3 is 5.97 Å². The van der Waals surface area contributed by atoms with Crippen LogP contribution in [-0.2, 0) is 19.1 Å². The van der Waals surface area contributed by atoms with Gasteiger partial charge in [-0.3, -0.25) is 9.59 Å². The highest BCUT2D eigenvalue weighted by Gasteiger charge is 2.36. The van der Waals surface area contributed by atoms with Crippen molar-refractivity contribution in [2.45, 2.75) is 25.4 Å². The van der Waals surface area contributed by atoms with Crippen LogP contribution in [0.1, 0.15) is 24.8 Å². The SMILES string of the molecule is CC(=O)NC[C@H]1CC(c2ccc(N3CCOCC3)c(F)c2)C(=O)O1. The second kappa shape index (κ2) is 7.17. The van der Waals surface area contributed by atoms with Crippen molar-refractivity contribution >= 4 is 17.6 Å². The number of benzene rings is 1. The Balaban J connectivity index is 1.69. The number of cyclic esters (lactones) is 1. The Labute approximate surface area is 139 Å². The summed E-state index contributed by atoms with van der Waals surface area (Å²) in [6.07, 6.45) is 0.0727. The molecule has 0 aromatic heterocycles. The summed E-state index contributed by atoms with van der Waals surface area (Å²) in [6, 6.07) is 4.91. The van der Waals surface area contributed by atoms with E-state index in [2.05, 4.69) is 5.32 Å². The van der Waals surface area contributed by atoms with Crippen molar-refractivity contribution in [2.75, 3.05) is 37.7 Å². The first-order valence-electron chi connectivity index (χ1n) is 8.11. The van der Waals surface area contributed by atoms with E-state index in [1.165, 1.54) is 13.0 Å². The highest BCUT2D eigenvalue weighted by Crippen LogP contribution is 2.33. The van der Waals surface area contributed by atoms with E-state index in [4.69, 9.17) is 9.47 Å². The molecule has 2 saturated heterocycles. The Bertz CT molecular complexity index is 631. The summed E-state index contributed by atoms with van der Waals surface area (Å²) < 4.78 is 25.0. The molecule has 1 amide bonds. The second-order valence-electron chi connectivity index (χ2n) is 6.09. The summed E-state index contributed by atoms with van der Waals surface area (Å²) in [4.78, 5) is 24.9. The number of hydrogen-bond donors (Lipinski definition) is 1. The molecule has 7 heteroatoms. The largest absolute Gasteiger partial charge is 0.460 e. The minimum absolute atomic E-state index is 0.171. The zero-order chi connectivity index (χ0) is 17.1. The molecule has 0 bridgehead atoms. The average molecular weight is 336 g/mol. The van der Waals surface area contributed by atoms with Gasteiger partial charge in [0, 0.05) is 26.4 Å². The van der Waals surface area contributed by atoms with Gasteiger partial charge < -0.3 is 19.7 Å². The number of nitrogens with zero attached hydrogens (tertiary/aromatic N) is 1. The van der Waals surface area contributed by atoms with Crippen LogP contribution in [0.25, 0.3) is 0 Å². The number of halogens is 1. The van der Waals surface area contributed by atoms with Crippen molar-refractivity contribution in [2.24, 2.45) is 0 Å². The first-order chi connectivity index (χ1) is 11.5. The number of ether oxygens (including phenoxy) is 2. The molecule has 3 rings (SSSR count). The lowest BCUT2D eigenvalue weighted by molar-refractivity contribution is -0.142. The van der Waals surface area contributed by atoms with E-state index in [9.17, 15) is 14.0 Å². The minimum atomic E-state index is -0.489. The van der Waals surface area contributed by atoms with Crippen LogP contribution < -0.4 is 10.2 Å². The van der Waals surface area contributed by atoms with Crippen LogP contribution >= 0.6 is 0 Å². The number of amides is 1. The zero-order valence-corrected chi connectivity index (χ0v) is 13.6. The topological polar surface area (TPSA) is 67.9 Å². The number of carbonyl (C=O) groups excluding carboxylic acids is 2. The summed E-state index contributed by atoms with van der Waals surface area (Å²) in [6.45, 7) is 4.17. The highest BCUT2D eigenvalue weighted by atomic mass is 19.1. The van der Waals surface area contributed by atoms with Gasteiger partial charge in [0.15, 0.2) is 0 Å². The van der Waals surface area contributed by atoms with Crippen molar-refractivity contribution in [1.29, 1.82) is 0 Å². The summed E-state index contributed by atoms with van der Waals surface area (Å²) in [5.41, 5.74) is 1.14. The quantitative estimate of drug-likeness (QED) is 0.837. The number of nitrogens with one attached hydrogen (secondary N) is 1. The molecule has 1 aromatic rings. The summed E-state index contributed by atoms with van der Waals surface area (Å²) in [5, 5.41) is 2.63. The van der Waals surface area contributed by atoms with Crippen LogP contribution in [0.3, 0.4) is 0 Å². The molecular weight excluding hydrogens is 315 g/mol. The summed E-state index contributed by atoms with van der Waals surface area (Å²) in [7, 11) is 0. The molecular formula is C17H21FN2O4. The maximum atomic E-state index is 14.5. The molecule has 2 atom stereocenters. The van der Waals surface area contributed by atoms with Gasteiger partial charge in [-0.05, 0) is 17.7 Å². The Hall–Kier alpha value is -2.15. The number of carbonyl (C=O) groups is 2. The van der Waals surface area contributed by atoms with Crippen LogP contribution in [0.5, 0.6) is 0 Å². The monoisotopic (exact) mass is 336 g/mol. The normalized spacial score (nSPS) is 23.9. The van der Waals surface area contributed by atoms with E-state index in [0.717, 1.165) is 0 Å². The smallest absolute Gasteiger partial charge is 0.313 e. The molecule has 2 aliphatic rings. The van der Waals surface area contributed by atoms with E-state index in [0.29, 0.717) is 44.0 Å². The van der Waals surface area contributed by atoms with Gasteiger partial charge in [0.2, 0.25) is 5.91 Å². The molecule has 2 fully saturated rings. The molecule has 0 radical (unpaired) electrons. The summed E-state index contributed by atoms with van der Waals surface area (Å²) >= 11 is 0. The lowest BCUT2D eigenvalue weighted by Crippen LogP contribution is -2.36. The first-order valence-corrected chi connectivity index (χ1v) is 8.11. The minimum Gasteiger partial charge on any atom is -0.460 e. The Morgan fingerprint density at radius 1 is 1.38 bits per heavy atom. The van der Waals surface area contributed by atoms with Gasteiger partial charge in [0.1, 0.15) is 11.9 Å². The number of hydrogen-bond acceptors (Lipinski definition) is 5. The van der Waals surface area contributed by atoms with Crippen LogP contribution in [0.4, 0.5) is 10.1 Å². The Morgan fingerprint density at radius 2 is 2.12 bits per heavy atom.